The van der Waals surface area contributed by atoms with Gasteiger partial charge in [0.15, 0.2) is 0 Å². The molecule has 0 bridgehead atoms. The predicted molar refractivity (Wildman–Crippen MR) is 70.1 cm³/mol. The monoisotopic (exact) mass is 252 g/mol. The van der Waals surface area contributed by atoms with Crippen LogP contribution in [-0.4, -0.2) is 30.8 Å². The van der Waals surface area contributed by atoms with Crippen LogP contribution in [0.1, 0.15) is 18.9 Å². The average molecular weight is 253 g/mol. The molecular formula is C13H17ClN2O. The molecule has 4 heteroatoms. The molecule has 3 nitrogen and oxygen atoms in total. The van der Waals surface area contributed by atoms with E-state index >= 15 is 0 Å². The fourth-order valence-electron chi connectivity index (χ4n) is 1.97. The summed E-state index contributed by atoms with van der Waals surface area (Å²) in [6.45, 7) is 4.66. The van der Waals surface area contributed by atoms with Crippen LogP contribution >= 0.6 is 11.6 Å². The zero-order chi connectivity index (χ0) is 12.1. The zero-order valence-electron chi connectivity index (χ0n) is 9.95. The third kappa shape index (κ3) is 3.80. The fraction of sp³-hybridized carbons (Fsp3) is 0.462. The second-order valence-electron chi connectivity index (χ2n) is 4.32. The third-order valence-corrected chi connectivity index (χ3v) is 3.09. The van der Waals surface area contributed by atoms with Crippen LogP contribution in [0.3, 0.4) is 0 Å². The zero-order valence-corrected chi connectivity index (χ0v) is 10.7. The Morgan fingerprint density at radius 3 is 3.29 bits per heavy atom. The van der Waals surface area contributed by atoms with Crippen molar-refractivity contribution in [2.75, 3.05) is 19.8 Å². The number of halogens is 1. The number of hydrogen-bond donors (Lipinski definition) is 1. The van der Waals surface area contributed by atoms with E-state index in [-0.39, 0.29) is 0 Å². The third-order valence-electron chi connectivity index (χ3n) is 2.77. The van der Waals surface area contributed by atoms with Gasteiger partial charge < -0.3 is 10.1 Å². The van der Waals surface area contributed by atoms with Gasteiger partial charge in [-0.2, -0.15) is 0 Å². The van der Waals surface area contributed by atoms with E-state index in [4.69, 9.17) is 16.3 Å². The minimum absolute atomic E-state index is 0.417. The number of aromatic nitrogens is 1. The summed E-state index contributed by atoms with van der Waals surface area (Å²) in [7, 11) is 0. The highest BCUT2D eigenvalue weighted by Crippen LogP contribution is 2.19. The molecule has 1 N–H and O–H groups in total. The van der Waals surface area contributed by atoms with Gasteiger partial charge in [0.05, 0.1) is 18.2 Å². The summed E-state index contributed by atoms with van der Waals surface area (Å²) in [6.07, 6.45) is 6.52. The highest BCUT2D eigenvalue weighted by atomic mass is 35.5. The van der Waals surface area contributed by atoms with E-state index < -0.39 is 0 Å². The first kappa shape index (κ1) is 12.6. The first-order valence-corrected chi connectivity index (χ1v) is 6.21. The van der Waals surface area contributed by atoms with Gasteiger partial charge in [-0.15, -0.1) is 0 Å². The molecule has 1 unspecified atom stereocenters. The number of ether oxygens (including phenoxy) is 1. The number of morpholine rings is 1. The second kappa shape index (κ2) is 6.15. The van der Waals surface area contributed by atoms with Crippen molar-refractivity contribution < 1.29 is 4.74 Å². The van der Waals surface area contributed by atoms with E-state index in [0.717, 1.165) is 31.7 Å². The number of hydrogen-bond acceptors (Lipinski definition) is 3. The maximum absolute atomic E-state index is 6.06. The largest absolute Gasteiger partial charge is 0.379 e. The molecule has 0 amide bonds. The summed E-state index contributed by atoms with van der Waals surface area (Å²) >= 11 is 6.06. The molecule has 1 aromatic rings. The van der Waals surface area contributed by atoms with Crippen LogP contribution in [0.5, 0.6) is 0 Å². The molecule has 92 valence electrons. The van der Waals surface area contributed by atoms with Gasteiger partial charge in [-0.1, -0.05) is 23.3 Å². The van der Waals surface area contributed by atoms with Gasteiger partial charge >= 0.3 is 0 Å². The molecule has 0 aliphatic carbocycles. The first-order chi connectivity index (χ1) is 8.25. The van der Waals surface area contributed by atoms with Crippen molar-refractivity contribution in [2.24, 2.45) is 0 Å². The van der Waals surface area contributed by atoms with Crippen LogP contribution in [-0.2, 0) is 4.74 Å². The molecule has 0 radical (unpaired) electrons. The van der Waals surface area contributed by atoms with E-state index in [1.807, 2.05) is 6.07 Å². The van der Waals surface area contributed by atoms with Crippen LogP contribution < -0.4 is 5.32 Å². The van der Waals surface area contributed by atoms with Crippen molar-refractivity contribution in [3.8, 4) is 0 Å². The van der Waals surface area contributed by atoms with Crippen molar-refractivity contribution in [2.45, 2.75) is 19.4 Å². The van der Waals surface area contributed by atoms with Crippen LogP contribution in [0, 0.1) is 0 Å². The Bertz CT molecular complexity index is 400. The van der Waals surface area contributed by atoms with Gasteiger partial charge in [0.1, 0.15) is 0 Å². The molecule has 0 saturated carbocycles. The molecule has 2 rings (SSSR count). The Kier molecular flexibility index (Phi) is 4.54. The molecule has 0 spiro atoms. The van der Waals surface area contributed by atoms with Gasteiger partial charge in [-0.05, 0) is 25.0 Å². The average Bonchev–Trinajstić information content (AvgIpc) is 2.33. The molecule has 1 saturated heterocycles. The number of nitrogens with one attached hydrogen (secondary N) is 1. The minimum atomic E-state index is 0.417. The fourth-order valence-corrected chi connectivity index (χ4v) is 2.14. The molecular weight excluding hydrogens is 236 g/mol. The highest BCUT2D eigenvalue weighted by Gasteiger charge is 2.13. The lowest BCUT2D eigenvalue weighted by atomic mass is 10.0. The van der Waals surface area contributed by atoms with Crippen molar-refractivity contribution >= 4 is 17.7 Å². The van der Waals surface area contributed by atoms with Gasteiger partial charge in [-0.25, -0.2) is 0 Å². The SMILES string of the molecule is C/C(=C/c1ccncc1Cl)CC1COCCN1. The number of rotatable bonds is 3. The molecule has 1 aliphatic rings. The van der Waals surface area contributed by atoms with E-state index in [1.165, 1.54) is 5.57 Å². The van der Waals surface area contributed by atoms with Crippen molar-refractivity contribution in [3.05, 3.63) is 34.6 Å². The first-order valence-electron chi connectivity index (χ1n) is 5.83. The van der Waals surface area contributed by atoms with Gasteiger partial charge in [0.25, 0.3) is 0 Å². The standard InChI is InChI=1S/C13H17ClN2O/c1-10(7-12-9-17-5-4-16-12)6-11-2-3-15-8-13(11)14/h2-3,6,8,12,16H,4-5,7,9H2,1H3/b10-6-. The second-order valence-corrected chi connectivity index (χ2v) is 4.73. The lowest BCUT2D eigenvalue weighted by molar-refractivity contribution is 0.0771. The summed E-state index contributed by atoms with van der Waals surface area (Å²) < 4.78 is 5.43. The van der Waals surface area contributed by atoms with Crippen LogP contribution in [0.4, 0.5) is 0 Å². The maximum atomic E-state index is 6.06. The molecule has 0 aromatic carbocycles. The van der Waals surface area contributed by atoms with Crippen LogP contribution in [0.15, 0.2) is 24.0 Å². The summed E-state index contributed by atoms with van der Waals surface area (Å²) in [4.78, 5) is 3.97. The Balaban J connectivity index is 1.99. The summed E-state index contributed by atoms with van der Waals surface area (Å²) in [5, 5.41) is 4.13. The molecule has 17 heavy (non-hydrogen) atoms. The Morgan fingerprint density at radius 1 is 1.71 bits per heavy atom. The van der Waals surface area contributed by atoms with Crippen molar-refractivity contribution in [3.63, 3.8) is 0 Å². The Morgan fingerprint density at radius 2 is 2.59 bits per heavy atom. The normalized spacial score (nSPS) is 21.5. The topological polar surface area (TPSA) is 34.1 Å². The summed E-state index contributed by atoms with van der Waals surface area (Å²) in [6, 6.07) is 2.34. The van der Waals surface area contributed by atoms with Crippen molar-refractivity contribution in [1.29, 1.82) is 0 Å². The van der Waals surface area contributed by atoms with E-state index in [9.17, 15) is 0 Å². The smallest absolute Gasteiger partial charge is 0.0661 e. The molecule has 2 heterocycles. The highest BCUT2D eigenvalue weighted by molar-refractivity contribution is 6.31. The van der Waals surface area contributed by atoms with E-state index in [1.54, 1.807) is 12.4 Å². The summed E-state index contributed by atoms with van der Waals surface area (Å²) in [5.74, 6) is 0. The molecule has 1 fully saturated rings. The van der Waals surface area contributed by atoms with Gasteiger partial charge in [0.2, 0.25) is 0 Å². The minimum Gasteiger partial charge on any atom is -0.379 e. The molecule has 1 atom stereocenters. The summed E-state index contributed by atoms with van der Waals surface area (Å²) in [5.41, 5.74) is 2.32. The van der Waals surface area contributed by atoms with Gasteiger partial charge in [0, 0.05) is 25.0 Å². The van der Waals surface area contributed by atoms with Crippen molar-refractivity contribution in [1.82, 2.24) is 10.3 Å². The van der Waals surface area contributed by atoms with Crippen LogP contribution in [0.2, 0.25) is 5.02 Å². The molecule has 1 aromatic heterocycles. The van der Waals surface area contributed by atoms with E-state index in [0.29, 0.717) is 11.1 Å². The predicted octanol–water partition coefficient (Wildman–Crippen LogP) is 2.52. The lowest BCUT2D eigenvalue weighted by Gasteiger charge is -2.24. The van der Waals surface area contributed by atoms with Gasteiger partial charge in [-0.3, -0.25) is 4.98 Å². The van der Waals surface area contributed by atoms with Crippen LogP contribution in [0.25, 0.3) is 6.08 Å². The molecule has 1 aliphatic heterocycles. The lowest BCUT2D eigenvalue weighted by Crippen LogP contribution is -2.41. The Hall–Kier alpha value is -0.900. The Labute approximate surface area is 107 Å². The van der Waals surface area contributed by atoms with E-state index in [2.05, 4.69) is 23.3 Å². The number of nitrogens with zero attached hydrogens (tertiary/aromatic N) is 1. The quantitative estimate of drug-likeness (QED) is 0.898. The number of pyridine rings is 1. The maximum Gasteiger partial charge on any atom is 0.0661 e.